The van der Waals surface area contributed by atoms with Crippen LogP contribution in [0.4, 0.5) is 21.8 Å². The van der Waals surface area contributed by atoms with Crippen molar-refractivity contribution in [2.75, 3.05) is 11.1 Å². The molecule has 4 aromatic rings. The van der Waals surface area contributed by atoms with Gasteiger partial charge in [0.25, 0.3) is 0 Å². The molecule has 0 saturated carbocycles. The molecule has 0 atom stereocenters. The van der Waals surface area contributed by atoms with E-state index in [-0.39, 0.29) is 11.8 Å². The normalized spacial score (nSPS) is 10.9. The maximum absolute atomic E-state index is 14.1. The Labute approximate surface area is 136 Å². The molecule has 0 saturated heterocycles. The standard InChI is InChI=1S/C17H13FN6/c18-13-4-2-1-3-11(13)16-12-9-10(5-6-14(12)23-24-16)21-15-7-8-20-17(19)22-15/h1-9H,(H,23,24)(H3,19,20,21,22). The van der Waals surface area contributed by atoms with Gasteiger partial charge in [-0.15, -0.1) is 0 Å². The zero-order chi connectivity index (χ0) is 16.5. The fourth-order valence-electron chi connectivity index (χ4n) is 2.54. The summed E-state index contributed by atoms with van der Waals surface area (Å²) in [7, 11) is 0. The van der Waals surface area contributed by atoms with E-state index in [2.05, 4.69) is 25.5 Å². The van der Waals surface area contributed by atoms with Crippen LogP contribution in [0.3, 0.4) is 0 Å². The lowest BCUT2D eigenvalue weighted by molar-refractivity contribution is 0.631. The number of aromatic nitrogens is 4. The van der Waals surface area contributed by atoms with Crippen molar-refractivity contribution < 1.29 is 4.39 Å². The Bertz CT molecular complexity index is 1030. The van der Waals surface area contributed by atoms with E-state index in [9.17, 15) is 4.39 Å². The van der Waals surface area contributed by atoms with Crippen LogP contribution in [0.25, 0.3) is 22.2 Å². The highest BCUT2D eigenvalue weighted by molar-refractivity contribution is 5.95. The van der Waals surface area contributed by atoms with Crippen molar-refractivity contribution in [2.24, 2.45) is 0 Å². The van der Waals surface area contributed by atoms with Gasteiger partial charge in [0, 0.05) is 22.8 Å². The molecule has 2 aromatic carbocycles. The number of hydrogen-bond donors (Lipinski definition) is 3. The van der Waals surface area contributed by atoms with E-state index in [1.165, 1.54) is 6.07 Å². The third kappa shape index (κ3) is 2.52. The summed E-state index contributed by atoms with van der Waals surface area (Å²) in [5, 5.41) is 11.1. The van der Waals surface area contributed by atoms with Crippen molar-refractivity contribution in [3.63, 3.8) is 0 Å². The second-order valence-electron chi connectivity index (χ2n) is 5.24. The highest BCUT2D eigenvalue weighted by Gasteiger charge is 2.12. The fraction of sp³-hybridized carbons (Fsp3) is 0. The van der Waals surface area contributed by atoms with Crippen molar-refractivity contribution in [1.82, 2.24) is 20.2 Å². The molecule has 0 aliphatic rings. The Balaban J connectivity index is 1.77. The molecule has 6 nitrogen and oxygen atoms in total. The minimum absolute atomic E-state index is 0.191. The van der Waals surface area contributed by atoms with Crippen LogP contribution in [0.2, 0.25) is 0 Å². The van der Waals surface area contributed by atoms with Crippen molar-refractivity contribution in [3.05, 3.63) is 60.5 Å². The van der Waals surface area contributed by atoms with Gasteiger partial charge in [-0.25, -0.2) is 9.37 Å². The molecule has 0 fully saturated rings. The van der Waals surface area contributed by atoms with E-state index < -0.39 is 0 Å². The van der Waals surface area contributed by atoms with Gasteiger partial charge in [0.15, 0.2) is 0 Å². The van der Waals surface area contributed by atoms with Gasteiger partial charge in [-0.05, 0) is 36.4 Å². The molecular weight excluding hydrogens is 307 g/mol. The Hall–Kier alpha value is -3.48. The van der Waals surface area contributed by atoms with Crippen LogP contribution in [-0.4, -0.2) is 20.2 Å². The van der Waals surface area contributed by atoms with Crippen molar-refractivity contribution in [1.29, 1.82) is 0 Å². The van der Waals surface area contributed by atoms with Crippen LogP contribution < -0.4 is 11.1 Å². The summed E-state index contributed by atoms with van der Waals surface area (Å²) in [6.07, 6.45) is 1.58. The van der Waals surface area contributed by atoms with Crippen molar-refractivity contribution >= 4 is 28.4 Å². The number of nitrogens with one attached hydrogen (secondary N) is 2. The van der Waals surface area contributed by atoms with E-state index >= 15 is 0 Å². The molecule has 0 unspecified atom stereocenters. The number of fused-ring (bicyclic) bond motifs is 1. The van der Waals surface area contributed by atoms with Gasteiger partial charge in [-0.1, -0.05) is 12.1 Å². The first-order valence-electron chi connectivity index (χ1n) is 7.29. The molecule has 24 heavy (non-hydrogen) atoms. The van der Waals surface area contributed by atoms with Crippen LogP contribution in [0, 0.1) is 5.82 Å². The largest absolute Gasteiger partial charge is 0.368 e. The first-order chi connectivity index (χ1) is 11.7. The van der Waals surface area contributed by atoms with Crippen LogP contribution in [-0.2, 0) is 0 Å². The van der Waals surface area contributed by atoms with E-state index in [4.69, 9.17) is 5.73 Å². The van der Waals surface area contributed by atoms with Crippen LogP contribution >= 0.6 is 0 Å². The highest BCUT2D eigenvalue weighted by Crippen LogP contribution is 2.30. The second kappa shape index (κ2) is 5.62. The third-order valence-electron chi connectivity index (χ3n) is 3.64. The lowest BCUT2D eigenvalue weighted by atomic mass is 10.1. The molecule has 0 spiro atoms. The number of aromatic amines is 1. The first kappa shape index (κ1) is 14.1. The molecule has 7 heteroatoms. The number of hydrogen-bond acceptors (Lipinski definition) is 5. The number of anilines is 3. The van der Waals surface area contributed by atoms with E-state index in [0.29, 0.717) is 17.1 Å². The highest BCUT2D eigenvalue weighted by atomic mass is 19.1. The molecule has 4 N–H and O–H groups in total. The third-order valence-corrected chi connectivity index (χ3v) is 3.64. The summed E-state index contributed by atoms with van der Waals surface area (Å²) in [6, 6.07) is 13.9. The van der Waals surface area contributed by atoms with Crippen LogP contribution in [0.1, 0.15) is 0 Å². The van der Waals surface area contributed by atoms with Gasteiger partial charge < -0.3 is 11.1 Å². The van der Waals surface area contributed by atoms with Crippen molar-refractivity contribution in [3.8, 4) is 11.3 Å². The van der Waals surface area contributed by atoms with Crippen LogP contribution in [0.15, 0.2) is 54.7 Å². The van der Waals surface area contributed by atoms with Crippen molar-refractivity contribution in [2.45, 2.75) is 0 Å². The fourth-order valence-corrected chi connectivity index (χ4v) is 2.54. The molecule has 2 heterocycles. The molecule has 0 radical (unpaired) electrons. The maximum Gasteiger partial charge on any atom is 0.221 e. The average molecular weight is 320 g/mol. The first-order valence-corrected chi connectivity index (χ1v) is 7.29. The topological polar surface area (TPSA) is 92.5 Å². The lowest BCUT2D eigenvalue weighted by Gasteiger charge is -2.06. The quantitative estimate of drug-likeness (QED) is 0.537. The lowest BCUT2D eigenvalue weighted by Crippen LogP contribution is -1.98. The second-order valence-corrected chi connectivity index (χ2v) is 5.24. The Kier molecular flexibility index (Phi) is 3.31. The van der Waals surface area contributed by atoms with Gasteiger partial charge in [-0.2, -0.15) is 10.1 Å². The summed E-state index contributed by atoms with van der Waals surface area (Å²) in [6.45, 7) is 0. The molecular formula is C17H13FN6. The summed E-state index contributed by atoms with van der Waals surface area (Å²) >= 11 is 0. The molecule has 4 rings (SSSR count). The van der Waals surface area contributed by atoms with Gasteiger partial charge in [-0.3, -0.25) is 5.10 Å². The van der Waals surface area contributed by atoms with Gasteiger partial charge in [0.1, 0.15) is 17.3 Å². The number of H-pyrrole nitrogens is 1. The van der Waals surface area contributed by atoms with E-state index in [0.717, 1.165) is 16.6 Å². The predicted octanol–water partition coefficient (Wildman–Crippen LogP) is 3.48. The molecule has 0 aliphatic carbocycles. The van der Waals surface area contributed by atoms with Gasteiger partial charge >= 0.3 is 0 Å². The SMILES string of the molecule is Nc1nccc(Nc2ccc3[nH]nc(-c4ccccc4F)c3c2)n1. The number of nitrogens with zero attached hydrogens (tertiary/aromatic N) is 3. The maximum atomic E-state index is 14.1. The van der Waals surface area contributed by atoms with Gasteiger partial charge in [0.05, 0.1) is 5.52 Å². The average Bonchev–Trinajstić information content (AvgIpc) is 2.98. The number of benzene rings is 2. The van der Waals surface area contributed by atoms with E-state index in [1.54, 1.807) is 30.5 Å². The minimum Gasteiger partial charge on any atom is -0.368 e. The molecule has 118 valence electrons. The Morgan fingerprint density at radius 2 is 1.96 bits per heavy atom. The molecule has 2 aromatic heterocycles. The minimum atomic E-state index is -0.312. The summed E-state index contributed by atoms with van der Waals surface area (Å²) in [4.78, 5) is 7.96. The molecule has 0 aliphatic heterocycles. The predicted molar refractivity (Wildman–Crippen MR) is 91.2 cm³/mol. The van der Waals surface area contributed by atoms with Crippen LogP contribution in [0.5, 0.6) is 0 Å². The Morgan fingerprint density at radius 3 is 2.79 bits per heavy atom. The molecule has 0 bridgehead atoms. The number of nitrogens with two attached hydrogens (primary N) is 1. The molecule has 0 amide bonds. The zero-order valence-corrected chi connectivity index (χ0v) is 12.5. The monoisotopic (exact) mass is 320 g/mol. The van der Waals surface area contributed by atoms with Gasteiger partial charge in [0.2, 0.25) is 5.95 Å². The number of halogens is 1. The zero-order valence-electron chi connectivity index (χ0n) is 12.5. The summed E-state index contributed by atoms with van der Waals surface area (Å²) in [5.41, 5.74) is 8.21. The summed E-state index contributed by atoms with van der Waals surface area (Å²) in [5.74, 6) is 0.460. The number of nitrogen functional groups attached to an aromatic ring is 1. The summed E-state index contributed by atoms with van der Waals surface area (Å²) < 4.78 is 14.1. The smallest absolute Gasteiger partial charge is 0.221 e. The number of rotatable bonds is 3. The van der Waals surface area contributed by atoms with E-state index in [1.807, 2.05) is 18.2 Å². The Morgan fingerprint density at radius 1 is 1.08 bits per heavy atom.